The van der Waals surface area contributed by atoms with Gasteiger partial charge in [0.25, 0.3) is 0 Å². The molecule has 152 valence electrons. The molecule has 0 saturated carbocycles. The van der Waals surface area contributed by atoms with Crippen LogP contribution in [0.3, 0.4) is 0 Å². The van der Waals surface area contributed by atoms with Crippen LogP contribution in [0.15, 0.2) is 48.5 Å². The van der Waals surface area contributed by atoms with E-state index in [0.717, 1.165) is 25.0 Å². The van der Waals surface area contributed by atoms with E-state index in [1.165, 1.54) is 16.7 Å². The lowest BCUT2D eigenvalue weighted by molar-refractivity contribution is -0.121. The number of nitrogens with one attached hydrogen (secondary N) is 1. The number of hydrogen-bond donors (Lipinski definition) is 1. The first-order valence-electron chi connectivity index (χ1n) is 10.4. The summed E-state index contributed by atoms with van der Waals surface area (Å²) >= 11 is 0. The van der Waals surface area contributed by atoms with Crippen LogP contribution in [0.5, 0.6) is 5.75 Å². The Kier molecular flexibility index (Phi) is 8.10. The van der Waals surface area contributed by atoms with E-state index in [2.05, 4.69) is 62.5 Å². The molecule has 0 atom stereocenters. The van der Waals surface area contributed by atoms with Crippen LogP contribution >= 0.6 is 0 Å². The van der Waals surface area contributed by atoms with Crippen LogP contribution in [0.25, 0.3) is 0 Å². The minimum atomic E-state index is 0.122. The van der Waals surface area contributed by atoms with Gasteiger partial charge in [0.15, 0.2) is 0 Å². The third-order valence-electron chi connectivity index (χ3n) is 4.70. The Hall–Kier alpha value is -2.29. The van der Waals surface area contributed by atoms with Gasteiger partial charge in [-0.3, -0.25) is 4.79 Å². The van der Waals surface area contributed by atoms with E-state index in [9.17, 15) is 4.79 Å². The van der Waals surface area contributed by atoms with Crippen molar-refractivity contribution in [2.45, 2.75) is 71.8 Å². The number of ether oxygens (including phenoxy) is 1. The molecule has 3 nitrogen and oxygen atoms in total. The van der Waals surface area contributed by atoms with Crippen LogP contribution < -0.4 is 10.1 Å². The summed E-state index contributed by atoms with van der Waals surface area (Å²) in [6.07, 6.45) is 3.36. The second kappa shape index (κ2) is 10.3. The van der Waals surface area contributed by atoms with E-state index in [4.69, 9.17) is 4.74 Å². The third-order valence-corrected chi connectivity index (χ3v) is 4.70. The lowest BCUT2D eigenvalue weighted by Crippen LogP contribution is -2.25. The summed E-state index contributed by atoms with van der Waals surface area (Å²) in [6, 6.07) is 16.8. The maximum absolute atomic E-state index is 12.1. The topological polar surface area (TPSA) is 38.3 Å². The van der Waals surface area contributed by atoms with Crippen LogP contribution in [-0.2, 0) is 23.1 Å². The van der Waals surface area contributed by atoms with Crippen molar-refractivity contribution in [3.05, 3.63) is 65.2 Å². The van der Waals surface area contributed by atoms with Gasteiger partial charge in [-0.05, 0) is 67.3 Å². The molecule has 0 radical (unpaired) electrons. The Balaban J connectivity index is 1.68. The number of hydrogen-bond acceptors (Lipinski definition) is 2. The fourth-order valence-electron chi connectivity index (χ4n) is 3.08. The van der Waals surface area contributed by atoms with Gasteiger partial charge in [-0.25, -0.2) is 0 Å². The minimum Gasteiger partial charge on any atom is -0.491 e. The summed E-state index contributed by atoms with van der Waals surface area (Å²) in [5.41, 5.74) is 3.94. The van der Waals surface area contributed by atoms with Gasteiger partial charge in [0, 0.05) is 13.0 Å². The largest absolute Gasteiger partial charge is 0.491 e. The Morgan fingerprint density at radius 2 is 1.71 bits per heavy atom. The molecule has 0 aliphatic heterocycles. The quantitative estimate of drug-likeness (QED) is 0.586. The monoisotopic (exact) mass is 381 g/mol. The van der Waals surface area contributed by atoms with Crippen molar-refractivity contribution < 1.29 is 9.53 Å². The highest BCUT2D eigenvalue weighted by atomic mass is 16.5. The second-order valence-corrected chi connectivity index (χ2v) is 8.71. The number of amides is 1. The van der Waals surface area contributed by atoms with E-state index in [-0.39, 0.29) is 17.4 Å². The molecule has 0 heterocycles. The first-order chi connectivity index (χ1) is 13.2. The molecule has 2 aromatic carbocycles. The molecule has 0 unspecified atom stereocenters. The summed E-state index contributed by atoms with van der Waals surface area (Å²) in [5.74, 6) is 1.03. The number of rotatable bonds is 9. The number of carbonyl (C=O) groups excluding carboxylic acids is 1. The first kappa shape index (κ1) is 22.0. The smallest absolute Gasteiger partial charge is 0.220 e. The molecule has 2 rings (SSSR count). The van der Waals surface area contributed by atoms with Crippen LogP contribution in [0, 0.1) is 0 Å². The van der Waals surface area contributed by atoms with Crippen molar-refractivity contribution in [3.8, 4) is 5.75 Å². The van der Waals surface area contributed by atoms with Gasteiger partial charge >= 0.3 is 0 Å². The molecule has 0 aromatic heterocycles. The van der Waals surface area contributed by atoms with Crippen molar-refractivity contribution in [1.82, 2.24) is 5.32 Å². The number of benzene rings is 2. The van der Waals surface area contributed by atoms with Crippen molar-refractivity contribution in [3.63, 3.8) is 0 Å². The maximum Gasteiger partial charge on any atom is 0.220 e. The van der Waals surface area contributed by atoms with Crippen molar-refractivity contribution in [2.24, 2.45) is 0 Å². The molecule has 0 spiro atoms. The predicted molar refractivity (Wildman–Crippen MR) is 117 cm³/mol. The van der Waals surface area contributed by atoms with Gasteiger partial charge in [0.2, 0.25) is 5.91 Å². The first-order valence-corrected chi connectivity index (χ1v) is 10.4. The Morgan fingerprint density at radius 1 is 1.00 bits per heavy atom. The van der Waals surface area contributed by atoms with Gasteiger partial charge < -0.3 is 10.1 Å². The zero-order valence-electron chi connectivity index (χ0n) is 18.0. The van der Waals surface area contributed by atoms with Crippen molar-refractivity contribution in [2.75, 3.05) is 6.54 Å². The van der Waals surface area contributed by atoms with Crippen LogP contribution in [0.4, 0.5) is 0 Å². The molecule has 0 aliphatic rings. The lowest BCUT2D eigenvalue weighted by Gasteiger charge is -2.19. The standard InChI is InChI=1S/C25H35NO2/c1-19(2)28-23-10-6-8-21(18-23)9-7-17-26-24(27)16-13-20-11-14-22(15-12-20)25(3,4)5/h6,8,10-12,14-15,18-19H,7,9,13,16-17H2,1-5H3,(H,26,27). The highest BCUT2D eigenvalue weighted by molar-refractivity contribution is 5.76. The zero-order chi connectivity index (χ0) is 20.6. The molecular formula is C25H35NO2. The molecule has 28 heavy (non-hydrogen) atoms. The van der Waals surface area contributed by atoms with Crippen molar-refractivity contribution >= 4 is 5.91 Å². The molecular weight excluding hydrogens is 346 g/mol. The van der Waals surface area contributed by atoms with Crippen LogP contribution in [-0.4, -0.2) is 18.6 Å². The molecule has 0 saturated heterocycles. The summed E-state index contributed by atoms with van der Waals surface area (Å²) in [6.45, 7) is 11.4. The lowest BCUT2D eigenvalue weighted by atomic mass is 9.86. The molecule has 2 aromatic rings. The predicted octanol–water partition coefficient (Wildman–Crippen LogP) is 5.45. The molecule has 3 heteroatoms. The minimum absolute atomic E-state index is 0.122. The van der Waals surface area contributed by atoms with E-state index < -0.39 is 0 Å². The van der Waals surface area contributed by atoms with Gasteiger partial charge in [0.1, 0.15) is 5.75 Å². The highest BCUT2D eigenvalue weighted by Crippen LogP contribution is 2.22. The number of carbonyl (C=O) groups is 1. The van der Waals surface area contributed by atoms with Gasteiger partial charge in [-0.2, -0.15) is 0 Å². The second-order valence-electron chi connectivity index (χ2n) is 8.71. The average Bonchev–Trinajstić information content (AvgIpc) is 2.63. The van der Waals surface area contributed by atoms with E-state index in [1.807, 2.05) is 26.0 Å². The molecule has 0 aliphatic carbocycles. The summed E-state index contributed by atoms with van der Waals surface area (Å²) in [7, 11) is 0. The molecule has 0 bridgehead atoms. The fourth-order valence-corrected chi connectivity index (χ4v) is 3.08. The van der Waals surface area contributed by atoms with E-state index in [0.29, 0.717) is 13.0 Å². The average molecular weight is 382 g/mol. The van der Waals surface area contributed by atoms with E-state index in [1.54, 1.807) is 0 Å². The summed E-state index contributed by atoms with van der Waals surface area (Å²) in [4.78, 5) is 12.1. The maximum atomic E-state index is 12.1. The van der Waals surface area contributed by atoms with Gasteiger partial charge in [-0.15, -0.1) is 0 Å². The third kappa shape index (κ3) is 7.75. The van der Waals surface area contributed by atoms with Gasteiger partial charge in [0.05, 0.1) is 6.10 Å². The molecule has 1 amide bonds. The molecule has 0 fully saturated rings. The zero-order valence-corrected chi connectivity index (χ0v) is 18.0. The summed E-state index contributed by atoms with van der Waals surface area (Å²) < 4.78 is 5.73. The van der Waals surface area contributed by atoms with Crippen LogP contribution in [0.2, 0.25) is 0 Å². The van der Waals surface area contributed by atoms with E-state index >= 15 is 0 Å². The summed E-state index contributed by atoms with van der Waals surface area (Å²) in [5, 5.41) is 3.04. The Bertz CT molecular complexity index is 742. The normalized spacial score (nSPS) is 11.5. The SMILES string of the molecule is CC(C)Oc1cccc(CCCNC(=O)CCc2ccc(C(C)(C)C)cc2)c1. The van der Waals surface area contributed by atoms with Crippen molar-refractivity contribution in [1.29, 1.82) is 0 Å². The fraction of sp³-hybridized carbons (Fsp3) is 0.480. The molecule has 1 N–H and O–H groups in total. The highest BCUT2D eigenvalue weighted by Gasteiger charge is 2.13. The number of aryl methyl sites for hydroxylation is 2. The van der Waals surface area contributed by atoms with Gasteiger partial charge in [-0.1, -0.05) is 57.2 Å². The Morgan fingerprint density at radius 3 is 2.36 bits per heavy atom. The Labute approximate surface area is 170 Å². The van der Waals surface area contributed by atoms with Crippen LogP contribution in [0.1, 0.15) is 64.2 Å².